The molecule has 0 spiro atoms. The molecule has 2 N–H and O–H groups in total. The summed E-state index contributed by atoms with van der Waals surface area (Å²) in [5, 5.41) is 6.77. The van der Waals surface area contributed by atoms with Crippen LogP contribution in [0.15, 0.2) is 48.7 Å². The lowest BCUT2D eigenvalue weighted by atomic mass is 9.82. The van der Waals surface area contributed by atoms with E-state index in [9.17, 15) is 14.0 Å². The monoisotopic (exact) mass is 506 g/mol. The fraction of sp³-hybridized carbons (Fsp3) is 0.429. The topological polar surface area (TPSA) is 102 Å². The zero-order chi connectivity index (χ0) is 25.6. The van der Waals surface area contributed by atoms with Crippen LogP contribution in [-0.4, -0.2) is 54.4 Å². The van der Waals surface area contributed by atoms with Crippen molar-refractivity contribution in [3.63, 3.8) is 0 Å². The van der Waals surface area contributed by atoms with Gasteiger partial charge in [0.15, 0.2) is 0 Å². The Labute approximate surface area is 215 Å². The fourth-order valence-electron chi connectivity index (χ4n) is 5.04. The van der Waals surface area contributed by atoms with E-state index in [2.05, 4.69) is 20.6 Å². The number of nitrogens with zero attached hydrogens (tertiary/aromatic N) is 2. The summed E-state index contributed by atoms with van der Waals surface area (Å²) in [5.74, 6) is 0.0801. The molecule has 9 heteroatoms. The molecule has 2 amide bonds. The van der Waals surface area contributed by atoms with Gasteiger partial charge in [0, 0.05) is 36.7 Å². The van der Waals surface area contributed by atoms with Crippen LogP contribution in [0, 0.1) is 17.8 Å². The standard InChI is InChI=1S/C28H31FN4O4/c29-26-10-9-20(16-30-26)25-13-23(22-3-1-2-4-24(22)33-25)27(34)31-14-18-5-7-19(8-6-18)15-32-28(35)37-21-11-12-36-17-21/h1-4,9-10,13,16,18-19,21H,5-8,11-12,14-15,17H2,(H,31,34)(H,32,35)/t18-,19-,21-/m0/s1. The number of alkyl carbamates (subject to hydrolysis) is 1. The molecule has 2 aromatic heterocycles. The largest absolute Gasteiger partial charge is 0.444 e. The number of benzene rings is 1. The lowest BCUT2D eigenvalue weighted by Crippen LogP contribution is -2.36. The lowest BCUT2D eigenvalue weighted by molar-refractivity contribution is 0.0813. The first-order valence-electron chi connectivity index (χ1n) is 12.9. The number of aromatic nitrogens is 2. The molecule has 1 aromatic carbocycles. The molecule has 2 fully saturated rings. The number of para-hydroxylation sites is 1. The molecule has 1 atom stereocenters. The van der Waals surface area contributed by atoms with Crippen LogP contribution in [0.1, 0.15) is 42.5 Å². The summed E-state index contributed by atoms with van der Waals surface area (Å²) in [6, 6.07) is 12.1. The third-order valence-electron chi connectivity index (χ3n) is 7.20. The summed E-state index contributed by atoms with van der Waals surface area (Å²) in [6.07, 6.45) is 5.63. The number of carbonyl (C=O) groups excluding carboxylic acids is 2. The van der Waals surface area contributed by atoms with Gasteiger partial charge in [0.05, 0.1) is 30.0 Å². The highest BCUT2D eigenvalue weighted by Gasteiger charge is 2.24. The third kappa shape index (κ3) is 6.40. The minimum atomic E-state index is -0.563. The smallest absolute Gasteiger partial charge is 0.407 e. The van der Waals surface area contributed by atoms with Crippen molar-refractivity contribution in [3.05, 3.63) is 60.2 Å². The van der Waals surface area contributed by atoms with E-state index in [1.54, 1.807) is 12.1 Å². The Kier molecular flexibility index (Phi) is 7.89. The number of rotatable bonds is 7. The summed E-state index contributed by atoms with van der Waals surface area (Å²) in [4.78, 5) is 33.6. The van der Waals surface area contributed by atoms with Crippen LogP contribution in [0.25, 0.3) is 22.2 Å². The summed E-state index contributed by atoms with van der Waals surface area (Å²) in [6.45, 7) is 2.31. The first kappa shape index (κ1) is 25.1. The van der Waals surface area contributed by atoms with E-state index < -0.39 is 5.95 Å². The van der Waals surface area contributed by atoms with Crippen molar-refractivity contribution in [1.29, 1.82) is 0 Å². The average molecular weight is 507 g/mol. The maximum absolute atomic E-state index is 13.3. The molecule has 1 aliphatic heterocycles. The number of fused-ring (bicyclic) bond motifs is 1. The Balaban J connectivity index is 1.14. The van der Waals surface area contributed by atoms with Gasteiger partial charge in [-0.3, -0.25) is 4.79 Å². The van der Waals surface area contributed by atoms with Crippen molar-refractivity contribution in [2.75, 3.05) is 26.3 Å². The minimum Gasteiger partial charge on any atom is -0.444 e. The van der Waals surface area contributed by atoms with E-state index in [0.717, 1.165) is 37.5 Å². The Hall–Kier alpha value is -3.59. The van der Waals surface area contributed by atoms with Crippen LogP contribution in [0.5, 0.6) is 0 Å². The maximum Gasteiger partial charge on any atom is 0.407 e. The number of hydrogen-bond donors (Lipinski definition) is 2. The van der Waals surface area contributed by atoms with Crippen molar-refractivity contribution in [2.24, 2.45) is 11.8 Å². The number of carbonyl (C=O) groups is 2. The molecule has 5 rings (SSSR count). The maximum atomic E-state index is 13.3. The molecule has 194 valence electrons. The number of amides is 2. The predicted molar refractivity (Wildman–Crippen MR) is 136 cm³/mol. The Morgan fingerprint density at radius 3 is 2.46 bits per heavy atom. The van der Waals surface area contributed by atoms with Crippen molar-refractivity contribution >= 4 is 22.9 Å². The van der Waals surface area contributed by atoms with Gasteiger partial charge in [-0.1, -0.05) is 18.2 Å². The Bertz CT molecular complexity index is 1240. The van der Waals surface area contributed by atoms with E-state index in [-0.39, 0.29) is 18.1 Å². The number of hydrogen-bond acceptors (Lipinski definition) is 6. The van der Waals surface area contributed by atoms with Gasteiger partial charge in [-0.15, -0.1) is 0 Å². The van der Waals surface area contributed by atoms with Crippen LogP contribution in [0.2, 0.25) is 0 Å². The zero-order valence-corrected chi connectivity index (χ0v) is 20.6. The molecule has 37 heavy (non-hydrogen) atoms. The van der Waals surface area contributed by atoms with E-state index in [1.807, 2.05) is 24.3 Å². The van der Waals surface area contributed by atoms with Crippen LogP contribution in [0.3, 0.4) is 0 Å². The second kappa shape index (κ2) is 11.6. The second-order valence-electron chi connectivity index (χ2n) is 9.81. The highest BCUT2D eigenvalue weighted by molar-refractivity contribution is 6.07. The Morgan fingerprint density at radius 2 is 1.76 bits per heavy atom. The fourth-order valence-corrected chi connectivity index (χ4v) is 5.04. The molecule has 1 aliphatic carbocycles. The predicted octanol–water partition coefficient (Wildman–Crippen LogP) is 4.49. The highest BCUT2D eigenvalue weighted by Crippen LogP contribution is 2.29. The van der Waals surface area contributed by atoms with Gasteiger partial charge < -0.3 is 20.1 Å². The zero-order valence-electron chi connectivity index (χ0n) is 20.6. The van der Waals surface area contributed by atoms with Crippen LogP contribution in [-0.2, 0) is 9.47 Å². The summed E-state index contributed by atoms with van der Waals surface area (Å²) >= 11 is 0. The van der Waals surface area contributed by atoms with Gasteiger partial charge in [-0.25, -0.2) is 14.8 Å². The molecular weight excluding hydrogens is 475 g/mol. The van der Waals surface area contributed by atoms with Crippen LogP contribution in [0.4, 0.5) is 9.18 Å². The molecule has 3 aromatic rings. The number of nitrogens with one attached hydrogen (secondary N) is 2. The molecule has 0 unspecified atom stereocenters. The summed E-state index contributed by atoms with van der Waals surface area (Å²) in [7, 11) is 0. The van der Waals surface area contributed by atoms with Crippen molar-refractivity contribution < 1.29 is 23.5 Å². The van der Waals surface area contributed by atoms with Crippen molar-refractivity contribution in [3.8, 4) is 11.3 Å². The summed E-state index contributed by atoms with van der Waals surface area (Å²) in [5.41, 5.74) is 2.45. The molecule has 0 radical (unpaired) electrons. The highest BCUT2D eigenvalue weighted by atomic mass is 19.1. The normalized spacial score (nSPS) is 21.5. The van der Waals surface area contributed by atoms with E-state index in [0.29, 0.717) is 60.5 Å². The quantitative estimate of drug-likeness (QED) is 0.458. The van der Waals surface area contributed by atoms with Gasteiger partial charge >= 0.3 is 6.09 Å². The van der Waals surface area contributed by atoms with Gasteiger partial charge in [-0.05, 0) is 61.8 Å². The molecule has 0 bridgehead atoms. The molecular formula is C28H31FN4O4. The number of halogens is 1. The number of pyridine rings is 2. The van der Waals surface area contributed by atoms with Crippen LogP contribution >= 0.6 is 0 Å². The first-order chi connectivity index (χ1) is 18.0. The average Bonchev–Trinajstić information content (AvgIpc) is 3.44. The van der Waals surface area contributed by atoms with Gasteiger partial charge in [0.1, 0.15) is 6.10 Å². The SMILES string of the molecule is O=C(NC[C@H]1CC[C@H](CNC(=O)c2cc(-c3ccc(F)nc3)nc3ccccc23)CC1)O[C@H]1CCOC1. The van der Waals surface area contributed by atoms with E-state index in [1.165, 1.54) is 12.3 Å². The lowest BCUT2D eigenvalue weighted by Gasteiger charge is -2.28. The van der Waals surface area contributed by atoms with Crippen molar-refractivity contribution in [1.82, 2.24) is 20.6 Å². The Morgan fingerprint density at radius 1 is 1.00 bits per heavy atom. The third-order valence-corrected chi connectivity index (χ3v) is 7.20. The van der Waals surface area contributed by atoms with Gasteiger partial charge in [-0.2, -0.15) is 4.39 Å². The molecule has 3 heterocycles. The first-order valence-corrected chi connectivity index (χ1v) is 12.9. The second-order valence-corrected chi connectivity index (χ2v) is 9.81. The molecule has 2 aliphatic rings. The minimum absolute atomic E-state index is 0.139. The van der Waals surface area contributed by atoms with Crippen molar-refractivity contribution in [2.45, 2.75) is 38.2 Å². The van der Waals surface area contributed by atoms with Gasteiger partial charge in [0.25, 0.3) is 5.91 Å². The van der Waals surface area contributed by atoms with E-state index in [4.69, 9.17) is 9.47 Å². The van der Waals surface area contributed by atoms with Crippen LogP contribution < -0.4 is 10.6 Å². The molecule has 8 nitrogen and oxygen atoms in total. The van der Waals surface area contributed by atoms with Gasteiger partial charge in [0.2, 0.25) is 5.95 Å². The van der Waals surface area contributed by atoms with E-state index >= 15 is 0 Å². The number of ether oxygens (including phenoxy) is 2. The summed E-state index contributed by atoms with van der Waals surface area (Å²) < 4.78 is 23.9. The molecule has 1 saturated carbocycles. The molecule has 1 saturated heterocycles.